The summed E-state index contributed by atoms with van der Waals surface area (Å²) in [6.07, 6.45) is 0. The summed E-state index contributed by atoms with van der Waals surface area (Å²) in [7, 11) is 1.32. The fourth-order valence-electron chi connectivity index (χ4n) is 2.16. The van der Waals surface area contributed by atoms with Gasteiger partial charge in [-0.15, -0.1) is 0 Å². The van der Waals surface area contributed by atoms with E-state index < -0.39 is 5.97 Å². The second-order valence-electron chi connectivity index (χ2n) is 4.62. The summed E-state index contributed by atoms with van der Waals surface area (Å²) < 4.78 is 5.27. The number of carbonyl (C=O) groups excluding carboxylic acids is 1. The van der Waals surface area contributed by atoms with Crippen LogP contribution in [0.4, 0.5) is 0 Å². The number of fused-ring (bicyclic) bond motifs is 1. The van der Waals surface area contributed by atoms with Gasteiger partial charge in [0.1, 0.15) is 5.82 Å². The van der Waals surface area contributed by atoms with Crippen LogP contribution in [0.5, 0.6) is 0 Å². The van der Waals surface area contributed by atoms with Crippen molar-refractivity contribution < 1.29 is 9.53 Å². The second-order valence-corrected chi connectivity index (χ2v) is 5.47. The van der Waals surface area contributed by atoms with Gasteiger partial charge in [0.05, 0.1) is 23.6 Å². The fourth-order valence-corrected chi connectivity index (χ4v) is 2.70. The molecule has 3 rings (SSSR count). The number of H-pyrrole nitrogens is 1. The first-order valence-electron chi connectivity index (χ1n) is 6.47. The lowest BCUT2D eigenvalue weighted by atomic mass is 10.1. The molecule has 0 fully saturated rings. The molecular weight excluding hydrogens is 348 g/mol. The van der Waals surface area contributed by atoms with Crippen molar-refractivity contribution in [2.75, 3.05) is 7.11 Å². The number of benzene rings is 2. The largest absolute Gasteiger partial charge is 0.465 e. The van der Waals surface area contributed by atoms with Crippen LogP contribution in [0.1, 0.15) is 10.4 Å². The van der Waals surface area contributed by atoms with E-state index >= 15 is 0 Å². The van der Waals surface area contributed by atoms with Gasteiger partial charge in [-0.2, -0.15) is 0 Å². The van der Waals surface area contributed by atoms with Crippen molar-refractivity contribution >= 4 is 32.8 Å². The van der Waals surface area contributed by atoms with Crippen LogP contribution in [0.25, 0.3) is 22.3 Å². The Kier molecular flexibility index (Phi) is 3.77. The lowest BCUT2D eigenvalue weighted by molar-refractivity contribution is 0.0599. The molecule has 0 bridgehead atoms. The monoisotopic (exact) mass is 358 g/mol. The predicted octanol–water partition coefficient (Wildman–Crippen LogP) is 3.14. The zero-order valence-electron chi connectivity index (χ0n) is 11.6. The second kappa shape index (κ2) is 5.73. The number of aromatic nitrogens is 2. The van der Waals surface area contributed by atoms with Crippen molar-refractivity contribution in [3.05, 3.63) is 62.9 Å². The Morgan fingerprint density at radius 2 is 2.00 bits per heavy atom. The number of halogens is 1. The lowest BCUT2D eigenvalue weighted by Crippen LogP contribution is -2.09. The molecule has 3 aromatic rings. The van der Waals surface area contributed by atoms with Crippen molar-refractivity contribution in [3.63, 3.8) is 0 Å². The van der Waals surface area contributed by atoms with Gasteiger partial charge < -0.3 is 9.72 Å². The maximum absolute atomic E-state index is 12.1. The molecule has 1 aromatic heterocycles. The Morgan fingerprint density at radius 3 is 2.73 bits per heavy atom. The Labute approximate surface area is 134 Å². The third kappa shape index (κ3) is 2.53. The highest BCUT2D eigenvalue weighted by molar-refractivity contribution is 9.10. The van der Waals surface area contributed by atoms with Gasteiger partial charge in [0.25, 0.3) is 5.56 Å². The standard InChI is InChI=1S/C16H11BrN2O3/c1-22-16(21)10-7-6-9(8-12(10)17)14-18-13-5-3-2-4-11(13)15(20)19-14/h2-8H,1H3,(H,18,19,20). The summed E-state index contributed by atoms with van der Waals surface area (Å²) in [4.78, 5) is 30.9. The predicted molar refractivity (Wildman–Crippen MR) is 86.8 cm³/mol. The van der Waals surface area contributed by atoms with Gasteiger partial charge in [0.15, 0.2) is 0 Å². The first kappa shape index (κ1) is 14.5. The summed E-state index contributed by atoms with van der Waals surface area (Å²) in [5.74, 6) is 0.0132. The number of methoxy groups -OCH3 is 1. The van der Waals surface area contributed by atoms with Gasteiger partial charge in [0, 0.05) is 10.0 Å². The van der Waals surface area contributed by atoms with Crippen molar-refractivity contribution in [3.8, 4) is 11.4 Å². The van der Waals surface area contributed by atoms with Crippen LogP contribution in [0.2, 0.25) is 0 Å². The highest BCUT2D eigenvalue weighted by Crippen LogP contribution is 2.24. The van der Waals surface area contributed by atoms with Crippen LogP contribution < -0.4 is 5.56 Å². The number of hydrogen-bond acceptors (Lipinski definition) is 4. The molecule has 1 N–H and O–H groups in total. The molecule has 0 saturated heterocycles. The third-order valence-electron chi connectivity index (χ3n) is 3.26. The van der Waals surface area contributed by atoms with Crippen LogP contribution in [0.15, 0.2) is 51.7 Å². The number of rotatable bonds is 2. The minimum atomic E-state index is -0.432. The minimum Gasteiger partial charge on any atom is -0.465 e. The van der Waals surface area contributed by atoms with Gasteiger partial charge in [-0.05, 0) is 40.2 Å². The number of carbonyl (C=O) groups is 1. The Balaban J connectivity index is 2.14. The summed E-state index contributed by atoms with van der Waals surface area (Å²) in [6.45, 7) is 0. The Morgan fingerprint density at radius 1 is 1.23 bits per heavy atom. The summed E-state index contributed by atoms with van der Waals surface area (Å²) in [6, 6.07) is 12.2. The number of nitrogens with one attached hydrogen (secondary N) is 1. The molecular formula is C16H11BrN2O3. The van der Waals surface area contributed by atoms with Crippen molar-refractivity contribution in [2.24, 2.45) is 0 Å². The van der Waals surface area contributed by atoms with Gasteiger partial charge in [-0.3, -0.25) is 4.79 Å². The van der Waals surface area contributed by atoms with Crippen molar-refractivity contribution in [2.45, 2.75) is 0 Å². The molecule has 0 aliphatic heterocycles. The van der Waals surface area contributed by atoms with E-state index in [1.54, 1.807) is 36.4 Å². The highest BCUT2D eigenvalue weighted by atomic mass is 79.9. The normalized spacial score (nSPS) is 10.6. The van der Waals surface area contributed by atoms with Gasteiger partial charge >= 0.3 is 5.97 Å². The van der Waals surface area contributed by atoms with Crippen LogP contribution >= 0.6 is 15.9 Å². The molecule has 0 amide bonds. The van der Waals surface area contributed by atoms with Gasteiger partial charge in [-0.1, -0.05) is 18.2 Å². The Hall–Kier alpha value is -2.47. The van der Waals surface area contributed by atoms with E-state index in [0.717, 1.165) is 0 Å². The number of nitrogens with zero attached hydrogens (tertiary/aromatic N) is 1. The topological polar surface area (TPSA) is 72.0 Å². The van der Waals surface area contributed by atoms with E-state index in [-0.39, 0.29) is 5.56 Å². The molecule has 1 heterocycles. The zero-order valence-corrected chi connectivity index (χ0v) is 13.2. The summed E-state index contributed by atoms with van der Waals surface area (Å²) in [5, 5.41) is 0.538. The highest BCUT2D eigenvalue weighted by Gasteiger charge is 2.12. The maximum Gasteiger partial charge on any atom is 0.339 e. The molecule has 0 aliphatic rings. The third-order valence-corrected chi connectivity index (χ3v) is 3.92. The van der Waals surface area contributed by atoms with E-state index in [1.165, 1.54) is 7.11 Å². The maximum atomic E-state index is 12.1. The molecule has 5 nitrogen and oxygen atoms in total. The van der Waals surface area contributed by atoms with E-state index in [9.17, 15) is 9.59 Å². The number of ether oxygens (including phenoxy) is 1. The number of hydrogen-bond donors (Lipinski definition) is 1. The van der Waals surface area contributed by atoms with Crippen LogP contribution in [0, 0.1) is 0 Å². The van der Waals surface area contributed by atoms with Crippen LogP contribution in [-0.4, -0.2) is 23.0 Å². The van der Waals surface area contributed by atoms with Crippen molar-refractivity contribution in [1.82, 2.24) is 9.97 Å². The zero-order chi connectivity index (χ0) is 15.7. The smallest absolute Gasteiger partial charge is 0.339 e. The molecule has 2 aromatic carbocycles. The van der Waals surface area contributed by atoms with E-state index in [4.69, 9.17) is 4.74 Å². The minimum absolute atomic E-state index is 0.200. The fraction of sp³-hybridized carbons (Fsp3) is 0.0625. The number of aromatic amines is 1. The first-order chi connectivity index (χ1) is 10.6. The summed E-state index contributed by atoms with van der Waals surface area (Å²) >= 11 is 3.33. The van der Waals surface area contributed by atoms with Crippen LogP contribution in [0.3, 0.4) is 0 Å². The number of esters is 1. The number of para-hydroxylation sites is 1. The van der Waals surface area contributed by atoms with Gasteiger partial charge in [-0.25, -0.2) is 9.78 Å². The van der Waals surface area contributed by atoms with Gasteiger partial charge in [0.2, 0.25) is 0 Å². The quantitative estimate of drug-likeness (QED) is 0.714. The SMILES string of the molecule is COC(=O)c1ccc(-c2nc3ccccc3c(=O)[nH]2)cc1Br. The van der Waals surface area contributed by atoms with Crippen LogP contribution in [-0.2, 0) is 4.74 Å². The molecule has 0 spiro atoms. The lowest BCUT2D eigenvalue weighted by Gasteiger charge is -2.06. The molecule has 110 valence electrons. The Bertz CT molecular complexity index is 934. The molecule has 22 heavy (non-hydrogen) atoms. The average molecular weight is 359 g/mol. The van der Waals surface area contributed by atoms with E-state index in [1.807, 2.05) is 6.07 Å². The molecule has 6 heteroatoms. The van der Waals surface area contributed by atoms with Crippen molar-refractivity contribution in [1.29, 1.82) is 0 Å². The molecule has 0 saturated carbocycles. The summed E-state index contributed by atoms with van der Waals surface area (Å²) in [5.41, 5.74) is 1.53. The van der Waals surface area contributed by atoms with E-state index in [0.29, 0.717) is 32.3 Å². The molecule has 0 aliphatic carbocycles. The molecule has 0 radical (unpaired) electrons. The van der Waals surface area contributed by atoms with E-state index in [2.05, 4.69) is 25.9 Å². The molecule has 0 atom stereocenters. The molecule has 0 unspecified atom stereocenters. The average Bonchev–Trinajstić information content (AvgIpc) is 2.54. The first-order valence-corrected chi connectivity index (χ1v) is 7.27.